The fourth-order valence-electron chi connectivity index (χ4n) is 8.40. The highest BCUT2D eigenvalue weighted by molar-refractivity contribution is 6.01. The molecule has 0 radical (unpaired) electrons. The molecule has 4 aliphatic rings. The van der Waals surface area contributed by atoms with Crippen LogP contribution < -0.4 is 0 Å². The Morgan fingerprint density at radius 3 is 2.34 bits per heavy atom. The van der Waals surface area contributed by atoms with Gasteiger partial charge in [-0.05, 0) is 82.0 Å². The first kappa shape index (κ1) is 26.0. The van der Waals surface area contributed by atoms with Crippen LogP contribution >= 0.6 is 0 Å². The Labute approximate surface area is 206 Å². The van der Waals surface area contributed by atoms with Crippen LogP contribution in [0.2, 0.25) is 0 Å². The number of carbonyl (C=O) groups excluding carboxylic acids is 3. The molecule has 0 bridgehead atoms. The van der Waals surface area contributed by atoms with Gasteiger partial charge in [0.05, 0.1) is 6.10 Å². The molecule has 4 saturated carbocycles. The molecule has 4 fully saturated rings. The minimum atomic E-state index is -1.68. The van der Waals surface area contributed by atoms with E-state index in [0.29, 0.717) is 19.3 Å². The molecule has 8 heteroatoms. The van der Waals surface area contributed by atoms with Gasteiger partial charge in [0.2, 0.25) is 5.78 Å². The van der Waals surface area contributed by atoms with E-state index in [1.807, 2.05) is 6.92 Å². The van der Waals surface area contributed by atoms with Gasteiger partial charge in [0.1, 0.15) is 12.4 Å². The van der Waals surface area contributed by atoms with Gasteiger partial charge in [0.25, 0.3) is 0 Å². The van der Waals surface area contributed by atoms with Gasteiger partial charge in [-0.3, -0.25) is 9.59 Å². The Hall–Kier alpha value is -2.06. The zero-order valence-corrected chi connectivity index (χ0v) is 21.1. The van der Waals surface area contributed by atoms with Crippen LogP contribution in [-0.4, -0.2) is 57.1 Å². The number of fused-ring (bicyclic) bond motifs is 5. The molecule has 0 amide bonds. The number of carboxylic acids is 1. The van der Waals surface area contributed by atoms with Crippen molar-refractivity contribution in [3.05, 3.63) is 11.1 Å². The standard InChI is InChI=1S/C27H38O8/c1-14(23(32)33)15(2)24(34)35-27(21(31)13-28)10-8-19-18-6-5-16-11-17(29)7-9-25(16,3)22(18)20(30)12-26(19,27)4/h16-19,22,28-29H,5-13H2,1-4H3,(H,32,33)/b15-14+/t16-,17-,18+,19+,22-,25+,26+,27+/m1/s1. The van der Waals surface area contributed by atoms with E-state index in [-0.39, 0.29) is 65.0 Å². The summed E-state index contributed by atoms with van der Waals surface area (Å²) < 4.78 is 5.88. The topological polar surface area (TPSA) is 138 Å². The molecule has 0 aliphatic heterocycles. The number of ketones is 2. The number of esters is 1. The summed E-state index contributed by atoms with van der Waals surface area (Å²) in [4.78, 5) is 51.5. The fraction of sp³-hybridized carbons (Fsp3) is 0.778. The smallest absolute Gasteiger partial charge is 0.335 e. The van der Waals surface area contributed by atoms with Crippen LogP contribution in [0.3, 0.4) is 0 Å². The first-order chi connectivity index (χ1) is 16.3. The van der Waals surface area contributed by atoms with Crippen molar-refractivity contribution in [2.45, 2.75) is 90.8 Å². The number of aliphatic carboxylic acids is 1. The Balaban J connectivity index is 1.72. The zero-order chi connectivity index (χ0) is 25.9. The Kier molecular flexibility index (Phi) is 6.54. The van der Waals surface area contributed by atoms with E-state index >= 15 is 0 Å². The van der Waals surface area contributed by atoms with E-state index < -0.39 is 35.3 Å². The predicted octanol–water partition coefficient (Wildman–Crippen LogP) is 2.83. The van der Waals surface area contributed by atoms with Crippen LogP contribution in [0.5, 0.6) is 0 Å². The lowest BCUT2D eigenvalue weighted by Crippen LogP contribution is -2.63. The lowest BCUT2D eigenvalue weighted by Gasteiger charge is -2.60. The summed E-state index contributed by atoms with van der Waals surface area (Å²) in [6, 6.07) is 0. The van der Waals surface area contributed by atoms with Crippen molar-refractivity contribution >= 4 is 23.5 Å². The molecule has 8 nitrogen and oxygen atoms in total. The van der Waals surface area contributed by atoms with E-state index in [1.165, 1.54) is 13.8 Å². The predicted molar refractivity (Wildman–Crippen MR) is 125 cm³/mol. The summed E-state index contributed by atoms with van der Waals surface area (Å²) in [5, 5.41) is 29.4. The monoisotopic (exact) mass is 490 g/mol. The number of hydrogen-bond donors (Lipinski definition) is 3. The number of aliphatic hydroxyl groups excluding tert-OH is 2. The van der Waals surface area contributed by atoms with Gasteiger partial charge in [-0.1, -0.05) is 13.8 Å². The highest BCUT2D eigenvalue weighted by Gasteiger charge is 2.71. The van der Waals surface area contributed by atoms with Crippen molar-refractivity contribution in [1.82, 2.24) is 0 Å². The molecular formula is C27H38O8. The van der Waals surface area contributed by atoms with Crippen LogP contribution in [0.25, 0.3) is 0 Å². The van der Waals surface area contributed by atoms with E-state index in [0.717, 1.165) is 19.3 Å². The second kappa shape index (κ2) is 8.80. The third kappa shape index (κ3) is 3.70. The van der Waals surface area contributed by atoms with Crippen molar-refractivity contribution < 1.29 is 39.2 Å². The highest BCUT2D eigenvalue weighted by Crippen LogP contribution is 2.68. The molecule has 4 rings (SSSR count). The summed E-state index contributed by atoms with van der Waals surface area (Å²) in [7, 11) is 0. The van der Waals surface area contributed by atoms with Gasteiger partial charge >= 0.3 is 11.9 Å². The Morgan fingerprint density at radius 1 is 1.03 bits per heavy atom. The van der Waals surface area contributed by atoms with Crippen LogP contribution in [0, 0.1) is 34.5 Å². The van der Waals surface area contributed by atoms with Crippen molar-refractivity contribution in [2.24, 2.45) is 34.5 Å². The number of carbonyl (C=O) groups is 4. The third-order valence-electron chi connectivity index (χ3n) is 10.5. The highest BCUT2D eigenvalue weighted by atomic mass is 16.6. The summed E-state index contributed by atoms with van der Waals surface area (Å²) in [6.07, 6.45) is 4.47. The molecule has 4 aliphatic carbocycles. The minimum Gasteiger partial charge on any atom is -0.478 e. The Morgan fingerprint density at radius 2 is 1.71 bits per heavy atom. The molecule has 35 heavy (non-hydrogen) atoms. The van der Waals surface area contributed by atoms with E-state index in [1.54, 1.807) is 0 Å². The number of aliphatic hydroxyl groups is 2. The average molecular weight is 491 g/mol. The first-order valence-electron chi connectivity index (χ1n) is 12.8. The number of ether oxygens (including phenoxy) is 1. The van der Waals surface area contributed by atoms with Crippen molar-refractivity contribution in [1.29, 1.82) is 0 Å². The quantitative estimate of drug-likeness (QED) is 0.395. The molecule has 3 N–H and O–H groups in total. The van der Waals surface area contributed by atoms with Crippen LogP contribution in [0.15, 0.2) is 11.1 Å². The maximum Gasteiger partial charge on any atom is 0.335 e. The second-order valence-corrected chi connectivity index (χ2v) is 11.9. The summed E-state index contributed by atoms with van der Waals surface area (Å²) in [5.74, 6) is -2.59. The summed E-state index contributed by atoms with van der Waals surface area (Å²) >= 11 is 0. The first-order valence-corrected chi connectivity index (χ1v) is 12.8. The summed E-state index contributed by atoms with van der Waals surface area (Å²) in [6.45, 7) is 5.84. The van der Waals surface area contributed by atoms with E-state index in [9.17, 15) is 34.5 Å². The second-order valence-electron chi connectivity index (χ2n) is 11.9. The van der Waals surface area contributed by atoms with Gasteiger partial charge in [0.15, 0.2) is 5.60 Å². The van der Waals surface area contributed by atoms with Gasteiger partial charge < -0.3 is 20.1 Å². The molecule has 0 spiro atoms. The van der Waals surface area contributed by atoms with Gasteiger partial charge in [-0.15, -0.1) is 0 Å². The van der Waals surface area contributed by atoms with Crippen LogP contribution in [0.4, 0.5) is 0 Å². The molecule has 0 aromatic heterocycles. The largest absolute Gasteiger partial charge is 0.478 e. The molecule has 0 heterocycles. The SMILES string of the molecule is C/C(C(=O)O)=C(/C)C(=O)O[C@]1(C(=O)CO)CC[C@H]2[C@@H]3CC[C@@H]4C[C@H](O)CC[C@]4(C)[C@H]3C(=O)C[C@@]21C. The van der Waals surface area contributed by atoms with E-state index in [2.05, 4.69) is 6.92 Å². The lowest BCUT2D eigenvalue weighted by molar-refractivity contribution is -0.194. The number of hydrogen-bond acceptors (Lipinski definition) is 7. The van der Waals surface area contributed by atoms with E-state index in [4.69, 9.17) is 4.74 Å². The lowest BCUT2D eigenvalue weighted by atomic mass is 9.44. The fourth-order valence-corrected chi connectivity index (χ4v) is 8.40. The molecule has 194 valence electrons. The average Bonchev–Trinajstić information content (AvgIpc) is 3.09. The molecule has 8 atom stereocenters. The zero-order valence-electron chi connectivity index (χ0n) is 21.1. The van der Waals surface area contributed by atoms with Crippen molar-refractivity contribution in [2.75, 3.05) is 6.61 Å². The van der Waals surface area contributed by atoms with Gasteiger partial charge in [-0.25, -0.2) is 9.59 Å². The Bertz CT molecular complexity index is 984. The molecule has 0 saturated heterocycles. The minimum absolute atomic E-state index is 0.0389. The number of carboxylic acid groups (broad SMARTS) is 1. The normalized spacial score (nSPS) is 43.4. The molecular weight excluding hydrogens is 452 g/mol. The van der Waals surface area contributed by atoms with Gasteiger partial charge in [0, 0.05) is 28.9 Å². The molecule has 0 aromatic rings. The molecule has 0 aromatic carbocycles. The van der Waals surface area contributed by atoms with Crippen LogP contribution in [0.1, 0.15) is 79.1 Å². The maximum atomic E-state index is 13.9. The molecule has 0 unspecified atom stereocenters. The third-order valence-corrected chi connectivity index (χ3v) is 10.5. The maximum absolute atomic E-state index is 13.9. The van der Waals surface area contributed by atoms with Crippen LogP contribution in [-0.2, 0) is 23.9 Å². The van der Waals surface area contributed by atoms with Crippen molar-refractivity contribution in [3.63, 3.8) is 0 Å². The van der Waals surface area contributed by atoms with Crippen molar-refractivity contribution in [3.8, 4) is 0 Å². The number of Topliss-reactive ketones (excluding diaryl/α,β-unsaturated/α-hetero) is 2. The number of rotatable bonds is 5. The summed E-state index contributed by atoms with van der Waals surface area (Å²) in [5.41, 5.74) is -3.13. The van der Waals surface area contributed by atoms with Gasteiger partial charge in [-0.2, -0.15) is 0 Å².